The molecule has 1 aromatic carbocycles. The number of anilines is 1. The van der Waals surface area contributed by atoms with Crippen molar-refractivity contribution < 1.29 is 23.1 Å². The molecule has 1 amide bonds. The van der Waals surface area contributed by atoms with Gasteiger partial charge in [-0.15, -0.1) is 0 Å². The number of carboxylic acid groups (broad SMARTS) is 1. The van der Waals surface area contributed by atoms with Crippen LogP contribution in [0.15, 0.2) is 30.3 Å². The topological polar surface area (TPSA) is 58.4 Å². The Morgan fingerprint density at radius 2 is 2.05 bits per heavy atom. The van der Waals surface area contributed by atoms with Gasteiger partial charge in [0.15, 0.2) is 5.69 Å². The van der Waals surface area contributed by atoms with E-state index in [4.69, 9.17) is 16.7 Å². The van der Waals surface area contributed by atoms with Gasteiger partial charge in [0.1, 0.15) is 5.82 Å². The Bertz CT molecular complexity index is 685. The first-order chi connectivity index (χ1) is 9.70. The number of alkyl halides is 3. The van der Waals surface area contributed by atoms with Gasteiger partial charge in [-0.1, -0.05) is 17.7 Å². The fraction of sp³-hybridized carbons (Fsp3) is 0.167. The van der Waals surface area contributed by atoms with E-state index in [9.17, 15) is 18.0 Å². The van der Waals surface area contributed by atoms with E-state index in [1.165, 1.54) is 18.2 Å². The minimum atomic E-state index is -4.68. The summed E-state index contributed by atoms with van der Waals surface area (Å²) in [5.41, 5.74) is -0.966. The van der Waals surface area contributed by atoms with Gasteiger partial charge in [0.25, 0.3) is 0 Å². The molecular weight excluding hydrogens is 311 g/mol. The first-order valence-electron chi connectivity index (χ1n) is 5.60. The highest BCUT2D eigenvalue weighted by atomic mass is 35.5. The van der Waals surface area contributed by atoms with Crippen LogP contribution in [0.4, 0.5) is 23.8 Å². The van der Waals surface area contributed by atoms with Crippen LogP contribution < -0.4 is 4.90 Å². The molecule has 0 spiro atoms. The van der Waals surface area contributed by atoms with Gasteiger partial charge in [-0.2, -0.15) is 18.3 Å². The largest absolute Gasteiger partial charge is 0.465 e. The number of hydrogen-bond donors (Lipinski definition) is 1. The Labute approximate surface area is 122 Å². The summed E-state index contributed by atoms with van der Waals surface area (Å²) < 4.78 is 39.2. The zero-order valence-electron chi connectivity index (χ0n) is 10.6. The third kappa shape index (κ3) is 3.10. The molecule has 0 atom stereocenters. The van der Waals surface area contributed by atoms with Crippen LogP contribution in [0.1, 0.15) is 5.69 Å². The van der Waals surface area contributed by atoms with E-state index in [0.29, 0.717) is 16.0 Å². The van der Waals surface area contributed by atoms with Crippen LogP contribution in [-0.2, 0) is 6.18 Å². The van der Waals surface area contributed by atoms with Crippen LogP contribution in [0.2, 0.25) is 5.02 Å². The van der Waals surface area contributed by atoms with E-state index in [1.807, 2.05) is 0 Å². The molecule has 0 saturated heterocycles. The molecule has 21 heavy (non-hydrogen) atoms. The number of halogens is 4. The lowest BCUT2D eigenvalue weighted by Crippen LogP contribution is -2.26. The summed E-state index contributed by atoms with van der Waals surface area (Å²) in [5.74, 6) is -0.239. The van der Waals surface area contributed by atoms with Gasteiger partial charge < -0.3 is 5.11 Å². The number of hydrogen-bond acceptors (Lipinski definition) is 2. The Kier molecular flexibility index (Phi) is 3.82. The lowest BCUT2D eigenvalue weighted by Gasteiger charge is -2.14. The molecule has 5 nitrogen and oxygen atoms in total. The molecule has 2 aromatic rings. The number of amides is 1. The third-order valence-electron chi connectivity index (χ3n) is 2.66. The van der Waals surface area contributed by atoms with E-state index >= 15 is 0 Å². The van der Waals surface area contributed by atoms with Crippen LogP contribution in [-0.4, -0.2) is 28.0 Å². The molecule has 112 valence electrons. The van der Waals surface area contributed by atoms with E-state index in [2.05, 4.69) is 5.10 Å². The second-order valence-corrected chi connectivity index (χ2v) is 4.56. The highest BCUT2D eigenvalue weighted by Gasteiger charge is 2.36. The Morgan fingerprint density at radius 1 is 1.38 bits per heavy atom. The van der Waals surface area contributed by atoms with Gasteiger partial charge in [0, 0.05) is 18.1 Å². The fourth-order valence-corrected chi connectivity index (χ4v) is 1.83. The highest BCUT2D eigenvalue weighted by molar-refractivity contribution is 6.30. The minimum absolute atomic E-state index is 0.223. The number of benzene rings is 1. The van der Waals surface area contributed by atoms with Gasteiger partial charge in [-0.05, 0) is 18.2 Å². The number of rotatable bonds is 2. The van der Waals surface area contributed by atoms with E-state index in [1.54, 1.807) is 6.07 Å². The van der Waals surface area contributed by atoms with Gasteiger partial charge in [0.05, 0.1) is 5.69 Å². The summed E-state index contributed by atoms with van der Waals surface area (Å²) in [6.07, 6.45) is -6.09. The number of nitrogens with zero attached hydrogens (tertiary/aromatic N) is 3. The molecule has 0 aliphatic heterocycles. The summed E-state index contributed by atoms with van der Waals surface area (Å²) in [4.78, 5) is 11.6. The molecule has 1 aromatic heterocycles. The zero-order chi connectivity index (χ0) is 15.8. The Balaban J connectivity index is 2.63. The molecule has 2 rings (SSSR count). The van der Waals surface area contributed by atoms with Crippen molar-refractivity contribution in [1.29, 1.82) is 0 Å². The van der Waals surface area contributed by atoms with Crippen LogP contribution >= 0.6 is 11.6 Å². The van der Waals surface area contributed by atoms with Crippen molar-refractivity contribution in [3.8, 4) is 5.69 Å². The molecule has 1 N–H and O–H groups in total. The van der Waals surface area contributed by atoms with Crippen molar-refractivity contribution >= 4 is 23.5 Å². The minimum Gasteiger partial charge on any atom is -0.465 e. The zero-order valence-corrected chi connectivity index (χ0v) is 11.4. The maximum atomic E-state index is 12.8. The second kappa shape index (κ2) is 5.28. The molecule has 0 bridgehead atoms. The SMILES string of the molecule is CN(C(=O)O)c1cc(C(F)(F)F)nn1-c1cccc(Cl)c1. The highest BCUT2D eigenvalue weighted by Crippen LogP contribution is 2.32. The maximum absolute atomic E-state index is 12.8. The maximum Gasteiger partial charge on any atom is 0.435 e. The second-order valence-electron chi connectivity index (χ2n) is 4.12. The normalized spacial score (nSPS) is 11.5. The van der Waals surface area contributed by atoms with Crippen LogP contribution in [0, 0.1) is 0 Å². The molecule has 0 aliphatic carbocycles. The van der Waals surface area contributed by atoms with Gasteiger partial charge >= 0.3 is 12.3 Å². The Morgan fingerprint density at radius 3 is 2.57 bits per heavy atom. The van der Waals surface area contributed by atoms with Crippen molar-refractivity contribution in [2.45, 2.75) is 6.18 Å². The summed E-state index contributed by atoms with van der Waals surface area (Å²) in [6, 6.07) is 6.58. The summed E-state index contributed by atoms with van der Waals surface area (Å²) in [7, 11) is 1.13. The van der Waals surface area contributed by atoms with Crippen molar-refractivity contribution in [2.24, 2.45) is 0 Å². The van der Waals surface area contributed by atoms with Crippen LogP contribution in [0.3, 0.4) is 0 Å². The monoisotopic (exact) mass is 319 g/mol. The first kappa shape index (κ1) is 15.2. The van der Waals surface area contributed by atoms with Crippen molar-refractivity contribution in [3.63, 3.8) is 0 Å². The molecule has 1 heterocycles. The lowest BCUT2D eigenvalue weighted by molar-refractivity contribution is -0.141. The average Bonchev–Trinajstić information content (AvgIpc) is 2.82. The fourth-order valence-electron chi connectivity index (χ4n) is 1.64. The molecule has 0 fully saturated rings. The number of carbonyl (C=O) groups is 1. The molecule has 0 radical (unpaired) electrons. The van der Waals surface area contributed by atoms with E-state index in [0.717, 1.165) is 11.7 Å². The van der Waals surface area contributed by atoms with E-state index < -0.39 is 18.0 Å². The van der Waals surface area contributed by atoms with Crippen molar-refractivity contribution in [3.05, 3.63) is 41.0 Å². The summed E-state index contributed by atoms with van der Waals surface area (Å²) in [6.45, 7) is 0. The third-order valence-corrected chi connectivity index (χ3v) is 2.90. The smallest absolute Gasteiger partial charge is 0.435 e. The van der Waals surface area contributed by atoms with E-state index in [-0.39, 0.29) is 11.5 Å². The standard InChI is InChI=1S/C12H9ClF3N3O2/c1-18(11(20)21)10-6-9(12(14,15)16)17-19(10)8-4-2-3-7(13)5-8/h2-6H,1H3,(H,20,21). The lowest BCUT2D eigenvalue weighted by atomic mass is 10.3. The van der Waals surface area contributed by atoms with Crippen molar-refractivity contribution in [1.82, 2.24) is 9.78 Å². The molecule has 0 saturated carbocycles. The predicted molar refractivity (Wildman–Crippen MR) is 70.0 cm³/mol. The van der Waals surface area contributed by atoms with Gasteiger partial charge in [-0.3, -0.25) is 4.90 Å². The molecule has 0 unspecified atom stereocenters. The van der Waals surface area contributed by atoms with Crippen molar-refractivity contribution in [2.75, 3.05) is 11.9 Å². The molecule has 0 aliphatic rings. The molecule has 9 heteroatoms. The Hall–Kier alpha value is -2.22. The quantitative estimate of drug-likeness (QED) is 0.919. The molecular formula is C12H9ClF3N3O2. The van der Waals surface area contributed by atoms with Gasteiger partial charge in [-0.25, -0.2) is 9.48 Å². The van der Waals surface area contributed by atoms with Crippen LogP contribution in [0.5, 0.6) is 0 Å². The van der Waals surface area contributed by atoms with Gasteiger partial charge in [0.2, 0.25) is 0 Å². The average molecular weight is 320 g/mol. The summed E-state index contributed by atoms with van der Waals surface area (Å²) in [5, 5.41) is 12.7. The predicted octanol–water partition coefficient (Wildman–Crippen LogP) is 3.66. The summed E-state index contributed by atoms with van der Waals surface area (Å²) >= 11 is 5.79. The first-order valence-corrected chi connectivity index (χ1v) is 5.98. The van der Waals surface area contributed by atoms with Crippen LogP contribution in [0.25, 0.3) is 5.69 Å². The number of aromatic nitrogens is 2.